The normalized spacial score (nSPS) is 16.0. The summed E-state index contributed by atoms with van der Waals surface area (Å²) in [6.07, 6.45) is 0. The molecule has 1 N–H and O–H groups in total. The summed E-state index contributed by atoms with van der Waals surface area (Å²) in [5, 5.41) is 3.51. The molecule has 3 rings (SSSR count). The first-order valence-electron chi connectivity index (χ1n) is 8.64. The van der Waals surface area contributed by atoms with Crippen molar-refractivity contribution < 1.29 is 4.74 Å². The number of nitrogens with one attached hydrogen (secondary N) is 1. The molecule has 5 heteroatoms. The molecular weight excluding hydrogens is 312 g/mol. The van der Waals surface area contributed by atoms with E-state index in [-0.39, 0.29) is 0 Å². The number of aryl methyl sites for hydroxylation is 1. The van der Waals surface area contributed by atoms with Crippen LogP contribution in [0.2, 0.25) is 0 Å². The number of guanidine groups is 1. The maximum absolute atomic E-state index is 5.32. The minimum Gasteiger partial charge on any atom is -0.497 e. The molecule has 1 aliphatic heterocycles. The molecular formula is C20H26N4O. The average Bonchev–Trinajstić information content (AvgIpc) is 2.62. The number of piperazine rings is 1. The van der Waals surface area contributed by atoms with Crippen molar-refractivity contribution in [2.24, 2.45) is 4.99 Å². The number of nitrogens with zero attached hydrogens (tertiary/aromatic N) is 3. The topological polar surface area (TPSA) is 40.1 Å². The van der Waals surface area contributed by atoms with Gasteiger partial charge in [-0.2, -0.15) is 0 Å². The van der Waals surface area contributed by atoms with E-state index in [1.807, 2.05) is 24.3 Å². The number of hydrogen-bond acceptors (Lipinski definition) is 3. The Balaban J connectivity index is 1.88. The fourth-order valence-corrected chi connectivity index (χ4v) is 2.85. The fraction of sp³-hybridized carbons (Fsp3) is 0.350. The van der Waals surface area contributed by atoms with Crippen molar-refractivity contribution >= 4 is 17.3 Å². The number of likely N-dealkylation sites (N-methyl/N-ethyl adjacent to an activating group) is 1. The number of hydrogen-bond donors (Lipinski definition) is 1. The second-order valence-corrected chi connectivity index (χ2v) is 6.42. The lowest BCUT2D eigenvalue weighted by atomic mass is 10.2. The minimum atomic E-state index is 0.814. The van der Waals surface area contributed by atoms with Crippen LogP contribution in [0.15, 0.2) is 53.5 Å². The highest BCUT2D eigenvalue weighted by Gasteiger charge is 2.18. The van der Waals surface area contributed by atoms with Gasteiger partial charge < -0.3 is 19.9 Å². The molecule has 1 heterocycles. The van der Waals surface area contributed by atoms with Gasteiger partial charge in [0.25, 0.3) is 0 Å². The van der Waals surface area contributed by atoms with Gasteiger partial charge in [-0.05, 0) is 43.8 Å². The zero-order valence-electron chi connectivity index (χ0n) is 15.2. The van der Waals surface area contributed by atoms with Crippen LogP contribution in [0.3, 0.4) is 0 Å². The van der Waals surface area contributed by atoms with Gasteiger partial charge >= 0.3 is 0 Å². The molecule has 0 atom stereocenters. The molecule has 0 bridgehead atoms. The predicted molar refractivity (Wildman–Crippen MR) is 104 cm³/mol. The van der Waals surface area contributed by atoms with Crippen molar-refractivity contribution in [3.05, 3.63) is 54.1 Å². The summed E-state index contributed by atoms with van der Waals surface area (Å²) < 4.78 is 5.32. The molecule has 0 spiro atoms. The van der Waals surface area contributed by atoms with Crippen LogP contribution < -0.4 is 10.1 Å². The molecule has 0 amide bonds. The molecule has 5 nitrogen and oxygen atoms in total. The monoisotopic (exact) mass is 338 g/mol. The first-order valence-corrected chi connectivity index (χ1v) is 8.64. The molecule has 0 aromatic heterocycles. The van der Waals surface area contributed by atoms with Gasteiger partial charge in [0.05, 0.1) is 12.8 Å². The van der Waals surface area contributed by atoms with Crippen LogP contribution in [0.25, 0.3) is 0 Å². The van der Waals surface area contributed by atoms with Crippen molar-refractivity contribution in [1.82, 2.24) is 9.80 Å². The Kier molecular flexibility index (Phi) is 5.56. The quantitative estimate of drug-likeness (QED) is 0.688. The van der Waals surface area contributed by atoms with E-state index in [2.05, 4.69) is 53.4 Å². The summed E-state index contributed by atoms with van der Waals surface area (Å²) in [6, 6.07) is 16.2. The van der Waals surface area contributed by atoms with Crippen molar-refractivity contribution in [2.75, 3.05) is 45.7 Å². The van der Waals surface area contributed by atoms with Gasteiger partial charge in [0.2, 0.25) is 5.96 Å². The lowest BCUT2D eigenvalue weighted by Crippen LogP contribution is -2.49. The van der Waals surface area contributed by atoms with Crippen molar-refractivity contribution in [3.8, 4) is 5.75 Å². The second-order valence-electron chi connectivity index (χ2n) is 6.42. The van der Waals surface area contributed by atoms with Gasteiger partial charge in [-0.15, -0.1) is 0 Å². The highest BCUT2D eigenvalue weighted by atomic mass is 16.5. The van der Waals surface area contributed by atoms with Gasteiger partial charge in [-0.25, -0.2) is 4.99 Å². The molecule has 2 aromatic rings. The third kappa shape index (κ3) is 4.73. The summed E-state index contributed by atoms with van der Waals surface area (Å²) in [5.74, 6) is 1.70. The van der Waals surface area contributed by atoms with E-state index in [9.17, 15) is 0 Å². The number of rotatable bonds is 3. The van der Waals surface area contributed by atoms with E-state index in [4.69, 9.17) is 9.73 Å². The van der Waals surface area contributed by atoms with E-state index in [1.165, 1.54) is 5.56 Å². The molecule has 2 aromatic carbocycles. The van der Waals surface area contributed by atoms with Gasteiger partial charge in [0.15, 0.2) is 0 Å². The Bertz CT molecular complexity index is 736. The molecule has 1 aliphatic rings. The largest absolute Gasteiger partial charge is 0.497 e. The van der Waals surface area contributed by atoms with E-state index < -0.39 is 0 Å². The Labute approximate surface area is 149 Å². The number of ether oxygens (including phenoxy) is 1. The summed E-state index contributed by atoms with van der Waals surface area (Å²) >= 11 is 0. The van der Waals surface area contributed by atoms with E-state index in [1.54, 1.807) is 7.11 Å². The lowest BCUT2D eigenvalue weighted by Gasteiger charge is -2.34. The second kappa shape index (κ2) is 8.03. The first kappa shape index (κ1) is 17.3. The zero-order chi connectivity index (χ0) is 17.6. The van der Waals surface area contributed by atoms with Crippen LogP contribution in [0.4, 0.5) is 11.4 Å². The molecule has 0 saturated carbocycles. The zero-order valence-corrected chi connectivity index (χ0v) is 15.2. The van der Waals surface area contributed by atoms with Gasteiger partial charge in [0, 0.05) is 37.9 Å². The lowest BCUT2D eigenvalue weighted by molar-refractivity contribution is 0.215. The van der Waals surface area contributed by atoms with Gasteiger partial charge in [0.1, 0.15) is 5.75 Å². The van der Waals surface area contributed by atoms with Crippen LogP contribution in [-0.2, 0) is 0 Å². The average molecular weight is 338 g/mol. The number of anilines is 1. The SMILES string of the molecule is COc1cccc(N=C(Nc2cccc(C)c2)N2CCN(C)CC2)c1. The minimum absolute atomic E-state index is 0.814. The molecule has 25 heavy (non-hydrogen) atoms. The predicted octanol–water partition coefficient (Wildman–Crippen LogP) is 3.35. The maximum atomic E-state index is 5.32. The van der Waals surface area contributed by atoms with Gasteiger partial charge in [-0.1, -0.05) is 18.2 Å². The fourth-order valence-electron chi connectivity index (χ4n) is 2.85. The number of aliphatic imine (C=N–C) groups is 1. The van der Waals surface area contributed by atoms with Crippen LogP contribution in [0, 0.1) is 6.92 Å². The standard InChI is InChI=1S/C20H26N4O/c1-16-6-4-7-17(14-16)21-20(24-12-10-23(2)11-13-24)22-18-8-5-9-19(15-18)25-3/h4-9,14-15H,10-13H2,1-3H3,(H,21,22). The molecule has 1 fully saturated rings. The van der Waals surface area contributed by atoms with Gasteiger partial charge in [-0.3, -0.25) is 0 Å². The van der Waals surface area contributed by atoms with Crippen LogP contribution in [-0.4, -0.2) is 56.1 Å². The van der Waals surface area contributed by atoms with E-state index in [0.717, 1.165) is 49.3 Å². The number of methoxy groups -OCH3 is 1. The molecule has 0 aliphatic carbocycles. The molecule has 132 valence electrons. The Morgan fingerprint density at radius 3 is 2.52 bits per heavy atom. The van der Waals surface area contributed by atoms with Crippen LogP contribution in [0.1, 0.15) is 5.56 Å². The molecule has 0 unspecified atom stereocenters. The summed E-state index contributed by atoms with van der Waals surface area (Å²) in [6.45, 7) is 6.08. The first-order chi connectivity index (χ1) is 12.1. The Morgan fingerprint density at radius 1 is 1.04 bits per heavy atom. The van der Waals surface area contributed by atoms with Crippen molar-refractivity contribution in [3.63, 3.8) is 0 Å². The summed E-state index contributed by atoms with van der Waals surface area (Å²) in [4.78, 5) is 9.52. The van der Waals surface area contributed by atoms with E-state index >= 15 is 0 Å². The third-order valence-electron chi connectivity index (χ3n) is 4.37. The van der Waals surface area contributed by atoms with E-state index in [0.29, 0.717) is 0 Å². The highest BCUT2D eigenvalue weighted by molar-refractivity contribution is 5.95. The summed E-state index contributed by atoms with van der Waals surface area (Å²) in [7, 11) is 3.83. The smallest absolute Gasteiger partial charge is 0.203 e. The maximum Gasteiger partial charge on any atom is 0.203 e. The molecule has 1 saturated heterocycles. The number of benzene rings is 2. The van der Waals surface area contributed by atoms with Crippen LogP contribution in [0.5, 0.6) is 5.75 Å². The highest BCUT2D eigenvalue weighted by Crippen LogP contribution is 2.21. The Morgan fingerprint density at radius 2 is 1.80 bits per heavy atom. The van der Waals surface area contributed by atoms with Crippen molar-refractivity contribution in [2.45, 2.75) is 6.92 Å². The van der Waals surface area contributed by atoms with Crippen molar-refractivity contribution in [1.29, 1.82) is 0 Å². The Hall–Kier alpha value is -2.53. The van der Waals surface area contributed by atoms with Crippen LogP contribution >= 0.6 is 0 Å². The third-order valence-corrected chi connectivity index (χ3v) is 4.37. The summed E-state index contributed by atoms with van der Waals surface area (Å²) in [5.41, 5.74) is 3.16. The molecule has 0 radical (unpaired) electrons.